The zero-order valence-electron chi connectivity index (χ0n) is 24.9. The van der Waals surface area contributed by atoms with Gasteiger partial charge < -0.3 is 10.6 Å². The molecule has 3 aromatic carbocycles. The number of hydrogen-bond acceptors (Lipinski definition) is 8. The second-order valence-electron chi connectivity index (χ2n) is 11.3. The van der Waals surface area contributed by atoms with Crippen LogP contribution in [0.4, 0.5) is 23.2 Å². The quantitative estimate of drug-likeness (QED) is 0.253. The molecule has 1 aliphatic heterocycles. The Morgan fingerprint density at radius 2 is 1.61 bits per heavy atom. The maximum atomic E-state index is 15.0. The molecular formula is C32H31F4N7O3. The molecule has 46 heavy (non-hydrogen) atoms. The van der Waals surface area contributed by atoms with E-state index in [-0.39, 0.29) is 17.9 Å². The molecule has 1 fully saturated rings. The summed E-state index contributed by atoms with van der Waals surface area (Å²) in [6, 6.07) is 16.4. The van der Waals surface area contributed by atoms with Gasteiger partial charge in [-0.05, 0) is 46.6 Å². The highest BCUT2D eigenvalue weighted by Gasteiger charge is 2.35. The van der Waals surface area contributed by atoms with Gasteiger partial charge in [-0.1, -0.05) is 48.5 Å². The summed E-state index contributed by atoms with van der Waals surface area (Å²) in [6.07, 6.45) is -4.86. The Kier molecular flexibility index (Phi) is 8.49. The molecule has 0 bridgehead atoms. The van der Waals surface area contributed by atoms with E-state index < -0.39 is 47.0 Å². The third-order valence-corrected chi connectivity index (χ3v) is 8.46. The maximum Gasteiger partial charge on any atom is 0.416 e. The molecule has 0 saturated carbocycles. The highest BCUT2D eigenvalue weighted by Crippen LogP contribution is 2.33. The van der Waals surface area contributed by atoms with Crippen molar-refractivity contribution in [3.63, 3.8) is 0 Å². The van der Waals surface area contributed by atoms with E-state index in [0.29, 0.717) is 49.3 Å². The van der Waals surface area contributed by atoms with E-state index in [4.69, 9.17) is 10.4 Å². The minimum atomic E-state index is -4.86. The van der Waals surface area contributed by atoms with Crippen molar-refractivity contribution in [2.45, 2.75) is 38.8 Å². The van der Waals surface area contributed by atoms with Crippen LogP contribution in [0.1, 0.15) is 34.0 Å². The second kappa shape index (κ2) is 12.5. The highest BCUT2D eigenvalue weighted by molar-refractivity contribution is 5.76. The summed E-state index contributed by atoms with van der Waals surface area (Å²) in [7, 11) is 0. The molecule has 1 aliphatic rings. The number of fused-ring (bicyclic) bond motifs is 1. The highest BCUT2D eigenvalue weighted by atomic mass is 19.4. The predicted octanol–water partition coefficient (Wildman–Crippen LogP) is 4.08. The van der Waals surface area contributed by atoms with Gasteiger partial charge >= 0.3 is 11.9 Å². The number of rotatable bonds is 8. The molecule has 2 N–H and O–H groups in total. The lowest BCUT2D eigenvalue weighted by atomic mass is 10.1. The van der Waals surface area contributed by atoms with Crippen LogP contribution in [0.5, 0.6) is 0 Å². The maximum absolute atomic E-state index is 15.0. The molecule has 0 unspecified atom stereocenters. The van der Waals surface area contributed by atoms with E-state index in [1.165, 1.54) is 6.92 Å². The standard InChI is InChI=1S/C32H31F4N7O3/c1-20-29(41-15-13-40(14-16-41)17-22-9-5-12-27-28(22)39-46-38-27)30(44)43(19-26(37)21-7-3-2-4-8-21)31(45)42(20)18-23-24(32(34,35)36)10-6-11-25(23)33/h2-12,26H,13-19,37H2,1H3/t26-/m0/s1. The van der Waals surface area contributed by atoms with Crippen LogP contribution in [0.15, 0.2) is 80.9 Å². The Balaban J connectivity index is 1.36. The zero-order chi connectivity index (χ0) is 32.6. The van der Waals surface area contributed by atoms with Gasteiger partial charge in [-0.25, -0.2) is 13.8 Å². The van der Waals surface area contributed by atoms with Crippen molar-refractivity contribution in [1.82, 2.24) is 24.3 Å². The van der Waals surface area contributed by atoms with E-state index in [0.717, 1.165) is 32.9 Å². The Morgan fingerprint density at radius 1 is 0.891 bits per heavy atom. The molecule has 0 spiro atoms. The third-order valence-electron chi connectivity index (χ3n) is 8.46. The molecule has 14 heteroatoms. The van der Waals surface area contributed by atoms with E-state index >= 15 is 0 Å². The van der Waals surface area contributed by atoms with Gasteiger partial charge in [0.05, 0.1) is 18.7 Å². The molecule has 2 aromatic heterocycles. The van der Waals surface area contributed by atoms with Crippen LogP contribution in [0.25, 0.3) is 11.0 Å². The summed E-state index contributed by atoms with van der Waals surface area (Å²) in [5.74, 6) is -1.10. The summed E-state index contributed by atoms with van der Waals surface area (Å²) in [5, 5.41) is 7.89. The van der Waals surface area contributed by atoms with Crippen LogP contribution < -0.4 is 21.9 Å². The fourth-order valence-corrected chi connectivity index (χ4v) is 6.00. The topological polar surface area (TPSA) is 115 Å². The van der Waals surface area contributed by atoms with Crippen LogP contribution >= 0.6 is 0 Å². The number of piperazine rings is 1. The lowest BCUT2D eigenvalue weighted by Gasteiger charge is -2.37. The largest absolute Gasteiger partial charge is 0.416 e. The van der Waals surface area contributed by atoms with Gasteiger partial charge in [-0.2, -0.15) is 13.2 Å². The van der Waals surface area contributed by atoms with Crippen molar-refractivity contribution in [3.8, 4) is 0 Å². The van der Waals surface area contributed by atoms with Gasteiger partial charge in [0.25, 0.3) is 5.56 Å². The van der Waals surface area contributed by atoms with Gasteiger partial charge in [0.2, 0.25) is 0 Å². The SMILES string of the molecule is Cc1c(N2CCN(Cc3cccc4nonc34)CC2)c(=O)n(C[C@H](N)c2ccccc2)c(=O)n1Cc1c(F)cccc1C(F)(F)F. The molecule has 0 aliphatic carbocycles. The number of aromatic nitrogens is 4. The Bertz CT molecular complexity index is 1980. The van der Waals surface area contributed by atoms with E-state index in [1.807, 2.05) is 17.0 Å². The first-order valence-electron chi connectivity index (χ1n) is 14.7. The van der Waals surface area contributed by atoms with Crippen LogP contribution in [-0.4, -0.2) is 50.5 Å². The number of nitrogens with zero attached hydrogens (tertiary/aromatic N) is 6. The van der Waals surface area contributed by atoms with Crippen molar-refractivity contribution in [3.05, 3.63) is 121 Å². The minimum absolute atomic E-state index is 0.141. The fourth-order valence-electron chi connectivity index (χ4n) is 6.00. The Labute approximate surface area is 260 Å². The van der Waals surface area contributed by atoms with Crippen molar-refractivity contribution < 1.29 is 22.2 Å². The second-order valence-corrected chi connectivity index (χ2v) is 11.3. The zero-order valence-corrected chi connectivity index (χ0v) is 24.9. The first-order chi connectivity index (χ1) is 22.0. The Morgan fingerprint density at radius 3 is 2.33 bits per heavy atom. The summed E-state index contributed by atoms with van der Waals surface area (Å²) >= 11 is 0. The number of benzene rings is 3. The molecule has 0 amide bonds. The number of alkyl halides is 3. The third kappa shape index (κ3) is 6.05. The molecule has 5 aromatic rings. The number of hydrogen-bond donors (Lipinski definition) is 1. The lowest BCUT2D eigenvalue weighted by Crippen LogP contribution is -2.51. The van der Waals surface area contributed by atoms with Crippen LogP contribution in [-0.2, 0) is 25.8 Å². The van der Waals surface area contributed by atoms with Gasteiger partial charge in [0, 0.05) is 50.0 Å². The van der Waals surface area contributed by atoms with Crippen molar-refractivity contribution in [1.29, 1.82) is 0 Å². The minimum Gasteiger partial charge on any atom is -0.363 e. The summed E-state index contributed by atoms with van der Waals surface area (Å²) in [5.41, 5.74) is 6.26. The fraction of sp³-hybridized carbons (Fsp3) is 0.312. The number of halogens is 4. The molecular weight excluding hydrogens is 606 g/mol. The molecule has 1 saturated heterocycles. The predicted molar refractivity (Wildman–Crippen MR) is 163 cm³/mol. The average Bonchev–Trinajstić information content (AvgIpc) is 3.53. The first kappa shape index (κ1) is 31.2. The molecule has 6 rings (SSSR count). The first-order valence-corrected chi connectivity index (χ1v) is 14.7. The molecule has 3 heterocycles. The summed E-state index contributed by atoms with van der Waals surface area (Å²) in [6.45, 7) is 2.95. The molecule has 240 valence electrons. The van der Waals surface area contributed by atoms with Crippen LogP contribution in [0.3, 0.4) is 0 Å². The smallest absolute Gasteiger partial charge is 0.363 e. The number of nitrogens with two attached hydrogens (primary N) is 1. The van der Waals surface area contributed by atoms with E-state index in [1.54, 1.807) is 36.4 Å². The van der Waals surface area contributed by atoms with Crippen molar-refractivity contribution >= 4 is 16.7 Å². The molecule has 10 nitrogen and oxygen atoms in total. The summed E-state index contributed by atoms with van der Waals surface area (Å²) < 4.78 is 63.6. The van der Waals surface area contributed by atoms with Crippen molar-refractivity contribution in [2.24, 2.45) is 5.73 Å². The number of anilines is 1. The summed E-state index contributed by atoms with van der Waals surface area (Å²) in [4.78, 5) is 31.9. The van der Waals surface area contributed by atoms with E-state index in [2.05, 4.69) is 15.2 Å². The lowest BCUT2D eigenvalue weighted by molar-refractivity contribution is -0.138. The van der Waals surface area contributed by atoms with Gasteiger partial charge in [0.1, 0.15) is 22.5 Å². The Hall–Kier alpha value is -4.82. The van der Waals surface area contributed by atoms with Gasteiger partial charge in [-0.15, -0.1) is 0 Å². The monoisotopic (exact) mass is 637 g/mol. The molecule has 0 radical (unpaired) electrons. The van der Waals surface area contributed by atoms with E-state index in [9.17, 15) is 27.2 Å². The van der Waals surface area contributed by atoms with Gasteiger partial charge in [0.15, 0.2) is 0 Å². The normalized spacial score (nSPS) is 15.0. The average molecular weight is 638 g/mol. The molecule has 1 atom stereocenters. The van der Waals surface area contributed by atoms with Crippen molar-refractivity contribution in [2.75, 3.05) is 31.1 Å². The van der Waals surface area contributed by atoms with Crippen LogP contribution in [0, 0.1) is 12.7 Å². The van der Waals surface area contributed by atoms with Crippen LogP contribution in [0.2, 0.25) is 0 Å². The van der Waals surface area contributed by atoms with Gasteiger partial charge in [-0.3, -0.25) is 18.8 Å².